The molecule has 2 fully saturated rings. The van der Waals surface area contributed by atoms with Gasteiger partial charge >= 0.3 is 0 Å². The lowest BCUT2D eigenvalue weighted by Crippen LogP contribution is -2.52. The number of carbonyl (C=O) groups is 1. The van der Waals surface area contributed by atoms with Crippen LogP contribution in [0.5, 0.6) is 0 Å². The quantitative estimate of drug-likeness (QED) is 0.474. The van der Waals surface area contributed by atoms with Crippen molar-refractivity contribution in [3.8, 4) is 0 Å². The van der Waals surface area contributed by atoms with Crippen LogP contribution in [-0.4, -0.2) is 74.0 Å². The molecule has 11 heteroatoms. The first-order chi connectivity index (χ1) is 16.0. The number of sulfonamides is 1. The van der Waals surface area contributed by atoms with Crippen molar-refractivity contribution in [3.05, 3.63) is 35.7 Å². The van der Waals surface area contributed by atoms with Crippen LogP contribution in [0.15, 0.2) is 44.8 Å². The third kappa shape index (κ3) is 4.66. The molecule has 5 rings (SSSR count). The minimum absolute atomic E-state index is 0.0984. The Morgan fingerprint density at radius 1 is 1.09 bits per heavy atom. The smallest absolute Gasteiger partial charge is 0.252 e. The Morgan fingerprint density at radius 2 is 1.85 bits per heavy atom. The zero-order valence-corrected chi connectivity index (χ0v) is 21.6. The fraction of sp³-hybridized carbons (Fsp3) is 0.455. The Bertz CT molecular complexity index is 1230. The summed E-state index contributed by atoms with van der Waals surface area (Å²) in [5.74, 6) is 0.0653. The molecular formula is C22H26N4O3S4. The number of fused-ring (bicyclic) bond motifs is 1. The highest BCUT2D eigenvalue weighted by atomic mass is 32.2. The Morgan fingerprint density at radius 3 is 2.52 bits per heavy atom. The van der Waals surface area contributed by atoms with Gasteiger partial charge in [0.25, 0.3) is 10.0 Å². The summed E-state index contributed by atoms with van der Waals surface area (Å²) in [5.41, 5.74) is 1.02. The third-order valence-electron chi connectivity index (χ3n) is 6.34. The molecule has 3 aromatic rings. The van der Waals surface area contributed by atoms with Gasteiger partial charge in [-0.1, -0.05) is 17.4 Å². The van der Waals surface area contributed by atoms with Gasteiger partial charge in [-0.15, -0.1) is 23.1 Å². The number of amides is 1. The number of benzene rings is 1. The maximum atomic E-state index is 13.1. The number of thiophene rings is 1. The molecule has 2 aliphatic rings. The van der Waals surface area contributed by atoms with Gasteiger partial charge in [-0.25, -0.2) is 13.4 Å². The molecule has 2 saturated heterocycles. The van der Waals surface area contributed by atoms with E-state index in [1.54, 1.807) is 40.6 Å². The van der Waals surface area contributed by atoms with Crippen molar-refractivity contribution in [2.24, 2.45) is 5.92 Å². The molecule has 0 atom stereocenters. The molecule has 1 amide bonds. The summed E-state index contributed by atoms with van der Waals surface area (Å²) in [5, 5.41) is 2.79. The van der Waals surface area contributed by atoms with E-state index in [-0.39, 0.29) is 11.8 Å². The molecule has 1 aromatic carbocycles. The van der Waals surface area contributed by atoms with Gasteiger partial charge in [0.15, 0.2) is 5.13 Å². The zero-order valence-electron chi connectivity index (χ0n) is 18.3. The lowest BCUT2D eigenvalue weighted by molar-refractivity contribution is -0.137. The predicted molar refractivity (Wildman–Crippen MR) is 136 cm³/mol. The predicted octanol–water partition coefficient (Wildman–Crippen LogP) is 3.83. The van der Waals surface area contributed by atoms with Crippen LogP contribution in [-0.2, 0) is 14.8 Å². The number of thioether (sulfide) groups is 1. The summed E-state index contributed by atoms with van der Waals surface area (Å²) in [7, 11) is -3.43. The molecule has 0 saturated carbocycles. The lowest BCUT2D eigenvalue weighted by atomic mass is 9.96. The van der Waals surface area contributed by atoms with Crippen molar-refractivity contribution in [1.29, 1.82) is 0 Å². The van der Waals surface area contributed by atoms with Crippen molar-refractivity contribution < 1.29 is 13.2 Å². The second kappa shape index (κ2) is 9.53. The fourth-order valence-corrected chi connectivity index (χ4v) is 8.60. The maximum Gasteiger partial charge on any atom is 0.252 e. The zero-order chi connectivity index (χ0) is 23.0. The third-order valence-corrected chi connectivity index (χ3v) is 11.4. The topological polar surface area (TPSA) is 73.8 Å². The second-order valence-corrected chi connectivity index (χ2v) is 13.3. The Labute approximate surface area is 206 Å². The first-order valence-electron chi connectivity index (χ1n) is 11.0. The van der Waals surface area contributed by atoms with Crippen LogP contribution >= 0.6 is 34.4 Å². The van der Waals surface area contributed by atoms with E-state index in [2.05, 4.69) is 29.4 Å². The first-order valence-corrected chi connectivity index (χ1v) is 15.3. The van der Waals surface area contributed by atoms with Crippen molar-refractivity contribution in [2.45, 2.75) is 21.9 Å². The lowest BCUT2D eigenvalue weighted by Gasteiger charge is -2.38. The standard InChI is InChI=1S/C22H26N4O3S4/c1-30-17-4-5-18-19(15-17)32-22(23-18)25-12-10-24(11-13-25)21(27)16-6-8-26(9-7-16)33(28,29)20-3-2-14-31-20/h2-5,14-16H,6-13H2,1H3. The Balaban J connectivity index is 1.16. The van der Waals surface area contributed by atoms with E-state index in [0.717, 1.165) is 23.7 Å². The molecule has 0 radical (unpaired) electrons. The summed E-state index contributed by atoms with van der Waals surface area (Å²) in [4.78, 5) is 23.4. The molecule has 4 heterocycles. The molecule has 0 unspecified atom stereocenters. The highest BCUT2D eigenvalue weighted by molar-refractivity contribution is 7.98. The summed E-state index contributed by atoms with van der Waals surface area (Å²) in [6, 6.07) is 9.76. The number of piperazine rings is 1. The summed E-state index contributed by atoms with van der Waals surface area (Å²) in [6.45, 7) is 3.71. The van der Waals surface area contributed by atoms with Crippen LogP contribution < -0.4 is 4.90 Å². The molecule has 2 aromatic heterocycles. The number of carbonyl (C=O) groups excluding carboxylic acids is 1. The first kappa shape index (κ1) is 23.1. The molecule has 176 valence electrons. The number of thiazole rings is 1. The van der Waals surface area contributed by atoms with E-state index < -0.39 is 10.0 Å². The van der Waals surface area contributed by atoms with Crippen molar-refractivity contribution in [2.75, 3.05) is 50.4 Å². The van der Waals surface area contributed by atoms with Gasteiger partial charge in [-0.3, -0.25) is 4.79 Å². The van der Waals surface area contributed by atoms with Gasteiger partial charge in [0.1, 0.15) is 4.21 Å². The van der Waals surface area contributed by atoms with E-state index in [1.807, 2.05) is 4.90 Å². The van der Waals surface area contributed by atoms with Crippen molar-refractivity contribution in [3.63, 3.8) is 0 Å². The summed E-state index contributed by atoms with van der Waals surface area (Å²) >= 11 is 4.68. The average molecular weight is 523 g/mol. The number of anilines is 1. The Kier molecular flexibility index (Phi) is 6.67. The van der Waals surface area contributed by atoms with Gasteiger partial charge in [0.2, 0.25) is 5.91 Å². The van der Waals surface area contributed by atoms with Crippen LogP contribution in [0.2, 0.25) is 0 Å². The van der Waals surface area contributed by atoms with E-state index in [0.29, 0.717) is 43.2 Å². The number of hydrogen-bond donors (Lipinski definition) is 0. The van der Waals surface area contributed by atoms with Crippen LogP contribution in [0.3, 0.4) is 0 Å². The summed E-state index contributed by atoms with van der Waals surface area (Å²) < 4.78 is 28.6. The monoisotopic (exact) mass is 522 g/mol. The van der Waals surface area contributed by atoms with Gasteiger partial charge < -0.3 is 9.80 Å². The maximum absolute atomic E-state index is 13.1. The van der Waals surface area contributed by atoms with E-state index in [9.17, 15) is 13.2 Å². The number of aromatic nitrogens is 1. The molecule has 0 bridgehead atoms. The van der Waals surface area contributed by atoms with Gasteiger partial charge in [-0.05, 0) is 48.7 Å². The molecule has 2 aliphatic heterocycles. The van der Waals surface area contributed by atoms with Crippen LogP contribution in [0.1, 0.15) is 12.8 Å². The van der Waals surface area contributed by atoms with E-state index >= 15 is 0 Å². The van der Waals surface area contributed by atoms with Crippen molar-refractivity contribution in [1.82, 2.24) is 14.2 Å². The minimum atomic E-state index is -3.43. The molecule has 0 aliphatic carbocycles. The fourth-order valence-electron chi connectivity index (χ4n) is 4.41. The van der Waals surface area contributed by atoms with E-state index in [1.165, 1.54) is 25.2 Å². The highest BCUT2D eigenvalue weighted by Crippen LogP contribution is 2.32. The number of rotatable bonds is 5. The second-order valence-electron chi connectivity index (χ2n) is 8.25. The average Bonchev–Trinajstić information content (AvgIpc) is 3.54. The van der Waals surface area contributed by atoms with Gasteiger partial charge in [-0.2, -0.15) is 4.31 Å². The largest absolute Gasteiger partial charge is 0.345 e. The van der Waals surface area contributed by atoms with Crippen LogP contribution in [0.25, 0.3) is 10.2 Å². The highest BCUT2D eigenvalue weighted by Gasteiger charge is 2.35. The number of piperidine rings is 1. The van der Waals surface area contributed by atoms with E-state index in [4.69, 9.17) is 4.98 Å². The normalized spacial score (nSPS) is 18.8. The molecule has 0 spiro atoms. The molecule has 7 nitrogen and oxygen atoms in total. The molecular weight excluding hydrogens is 497 g/mol. The Hall–Kier alpha value is -1.66. The van der Waals surface area contributed by atoms with Gasteiger partial charge in [0, 0.05) is 50.1 Å². The van der Waals surface area contributed by atoms with Crippen molar-refractivity contribution >= 4 is 65.7 Å². The minimum Gasteiger partial charge on any atom is -0.345 e. The summed E-state index contributed by atoms with van der Waals surface area (Å²) in [6.07, 6.45) is 3.24. The van der Waals surface area contributed by atoms with Gasteiger partial charge in [0.05, 0.1) is 10.2 Å². The number of hydrogen-bond acceptors (Lipinski definition) is 8. The SMILES string of the molecule is CSc1ccc2nc(N3CCN(C(=O)C4CCN(S(=O)(=O)c5cccs5)CC4)CC3)sc2c1. The number of nitrogens with zero attached hydrogens (tertiary/aromatic N) is 4. The molecule has 33 heavy (non-hydrogen) atoms. The molecule has 0 N–H and O–H groups in total. The van der Waals surface area contributed by atoms with Crippen LogP contribution in [0.4, 0.5) is 5.13 Å². The van der Waals surface area contributed by atoms with Crippen LogP contribution in [0, 0.1) is 5.92 Å².